The maximum atomic E-state index is 11.1. The number of hydrogen-bond donors (Lipinski definition) is 3. The fraction of sp³-hybridized carbons (Fsp3) is 0.917. The molecular weight excluding hydrogens is 204 g/mol. The Balaban J connectivity index is 3.55. The van der Waals surface area contributed by atoms with Crippen LogP contribution in [0.2, 0.25) is 0 Å². The van der Waals surface area contributed by atoms with Crippen LogP contribution in [0.5, 0.6) is 0 Å². The minimum Gasteiger partial charge on any atom is -0.396 e. The van der Waals surface area contributed by atoms with Crippen LogP contribution in [-0.2, 0) is 4.79 Å². The van der Waals surface area contributed by atoms with Gasteiger partial charge in [0.1, 0.15) is 0 Å². The van der Waals surface area contributed by atoms with Gasteiger partial charge >= 0.3 is 0 Å². The molecule has 0 bridgehead atoms. The van der Waals surface area contributed by atoms with Crippen molar-refractivity contribution in [3.05, 3.63) is 0 Å². The summed E-state index contributed by atoms with van der Waals surface area (Å²) in [5, 5.41) is 15.0. The van der Waals surface area contributed by atoms with E-state index in [1.807, 2.05) is 6.92 Å². The lowest BCUT2D eigenvalue weighted by Gasteiger charge is -2.22. The van der Waals surface area contributed by atoms with E-state index >= 15 is 0 Å². The second-order valence-corrected chi connectivity index (χ2v) is 5.16. The molecule has 1 amide bonds. The van der Waals surface area contributed by atoms with Gasteiger partial charge in [-0.3, -0.25) is 4.79 Å². The molecule has 16 heavy (non-hydrogen) atoms. The summed E-state index contributed by atoms with van der Waals surface area (Å²) in [4.78, 5) is 11.1. The van der Waals surface area contributed by atoms with Crippen molar-refractivity contribution in [1.29, 1.82) is 0 Å². The highest BCUT2D eigenvalue weighted by Crippen LogP contribution is 2.20. The minimum absolute atomic E-state index is 0.00567. The Morgan fingerprint density at radius 2 is 2.06 bits per heavy atom. The zero-order valence-corrected chi connectivity index (χ0v) is 11.0. The van der Waals surface area contributed by atoms with Crippen molar-refractivity contribution in [2.24, 2.45) is 5.41 Å². The summed E-state index contributed by atoms with van der Waals surface area (Å²) in [6.07, 6.45) is 2.52. The highest BCUT2D eigenvalue weighted by molar-refractivity contribution is 5.76. The number of amides is 1. The fourth-order valence-electron chi connectivity index (χ4n) is 1.45. The summed E-state index contributed by atoms with van der Waals surface area (Å²) in [6.45, 7) is 7.23. The molecule has 4 heteroatoms. The van der Waals surface area contributed by atoms with Crippen molar-refractivity contribution >= 4 is 5.91 Å². The van der Waals surface area contributed by atoms with Crippen LogP contribution in [0.25, 0.3) is 0 Å². The molecule has 0 saturated carbocycles. The molecule has 0 saturated heterocycles. The van der Waals surface area contributed by atoms with Crippen LogP contribution < -0.4 is 10.6 Å². The van der Waals surface area contributed by atoms with Crippen molar-refractivity contribution in [2.45, 2.75) is 46.1 Å². The molecule has 0 aliphatic rings. The van der Waals surface area contributed by atoms with Gasteiger partial charge in [-0.25, -0.2) is 0 Å². The number of rotatable bonds is 8. The first-order chi connectivity index (χ1) is 7.41. The van der Waals surface area contributed by atoms with Crippen LogP contribution >= 0.6 is 0 Å². The molecule has 0 rings (SSSR count). The van der Waals surface area contributed by atoms with Gasteiger partial charge in [0.2, 0.25) is 5.91 Å². The third-order valence-electron chi connectivity index (χ3n) is 2.72. The zero-order chi connectivity index (χ0) is 12.6. The normalized spacial score (nSPS) is 13.6. The molecule has 3 N–H and O–H groups in total. The first-order valence-corrected chi connectivity index (χ1v) is 5.96. The van der Waals surface area contributed by atoms with E-state index in [9.17, 15) is 4.79 Å². The fourth-order valence-corrected chi connectivity index (χ4v) is 1.45. The van der Waals surface area contributed by atoms with Crippen LogP contribution in [0, 0.1) is 5.41 Å². The predicted octanol–water partition coefficient (Wildman–Crippen LogP) is 0.899. The van der Waals surface area contributed by atoms with E-state index in [0.717, 1.165) is 19.4 Å². The second kappa shape index (κ2) is 7.63. The Morgan fingerprint density at radius 3 is 2.56 bits per heavy atom. The van der Waals surface area contributed by atoms with E-state index in [1.54, 1.807) is 7.05 Å². The molecule has 0 fully saturated rings. The van der Waals surface area contributed by atoms with Gasteiger partial charge < -0.3 is 15.7 Å². The van der Waals surface area contributed by atoms with Crippen molar-refractivity contribution in [1.82, 2.24) is 10.6 Å². The van der Waals surface area contributed by atoms with Gasteiger partial charge in [0.25, 0.3) is 0 Å². The van der Waals surface area contributed by atoms with Crippen molar-refractivity contribution < 1.29 is 9.90 Å². The van der Waals surface area contributed by atoms with Crippen molar-refractivity contribution in [3.63, 3.8) is 0 Å². The summed E-state index contributed by atoms with van der Waals surface area (Å²) in [6, 6.07) is 0.206. The van der Waals surface area contributed by atoms with E-state index in [1.165, 1.54) is 0 Å². The van der Waals surface area contributed by atoms with E-state index in [-0.39, 0.29) is 24.0 Å². The molecule has 0 aromatic heterocycles. The Kier molecular flexibility index (Phi) is 7.34. The largest absolute Gasteiger partial charge is 0.396 e. The molecule has 4 nitrogen and oxygen atoms in total. The van der Waals surface area contributed by atoms with Crippen LogP contribution in [0.15, 0.2) is 0 Å². The van der Waals surface area contributed by atoms with E-state index in [0.29, 0.717) is 6.42 Å². The summed E-state index contributed by atoms with van der Waals surface area (Å²) in [5.74, 6) is 0.0655. The zero-order valence-electron chi connectivity index (χ0n) is 11.0. The average molecular weight is 230 g/mol. The minimum atomic E-state index is 0.00567. The second-order valence-electron chi connectivity index (χ2n) is 5.16. The Hall–Kier alpha value is -0.610. The Labute approximate surface area is 98.8 Å². The highest BCUT2D eigenvalue weighted by Gasteiger charge is 2.15. The molecule has 96 valence electrons. The van der Waals surface area contributed by atoms with Gasteiger partial charge in [-0.2, -0.15) is 0 Å². The molecule has 0 heterocycles. The van der Waals surface area contributed by atoms with Gasteiger partial charge in [0.15, 0.2) is 0 Å². The first kappa shape index (κ1) is 15.4. The lowest BCUT2D eigenvalue weighted by Crippen LogP contribution is -2.33. The number of carbonyl (C=O) groups is 1. The summed E-state index contributed by atoms with van der Waals surface area (Å²) < 4.78 is 0. The van der Waals surface area contributed by atoms with Gasteiger partial charge in [-0.05, 0) is 31.7 Å². The van der Waals surface area contributed by atoms with Crippen molar-refractivity contribution in [3.8, 4) is 0 Å². The standard InChI is InChI=1S/C12H26N2O2/c1-10(8-11(16)13-4)14-7-5-6-12(2,3)9-15/h10,14-15H,5-9H2,1-4H3,(H,13,16). The van der Waals surface area contributed by atoms with Gasteiger partial charge in [-0.15, -0.1) is 0 Å². The molecule has 0 radical (unpaired) electrons. The first-order valence-electron chi connectivity index (χ1n) is 5.96. The molecular formula is C12H26N2O2. The van der Waals surface area contributed by atoms with E-state index < -0.39 is 0 Å². The third-order valence-corrected chi connectivity index (χ3v) is 2.72. The Morgan fingerprint density at radius 1 is 1.44 bits per heavy atom. The van der Waals surface area contributed by atoms with Crippen LogP contribution in [-0.4, -0.2) is 37.3 Å². The predicted molar refractivity (Wildman–Crippen MR) is 66.2 cm³/mol. The lowest BCUT2D eigenvalue weighted by molar-refractivity contribution is -0.121. The number of nitrogens with one attached hydrogen (secondary N) is 2. The monoisotopic (exact) mass is 230 g/mol. The lowest BCUT2D eigenvalue weighted by atomic mass is 9.89. The molecule has 0 aliphatic carbocycles. The summed E-state index contributed by atoms with van der Waals surface area (Å²) in [5.41, 5.74) is 0.00567. The Bertz CT molecular complexity index is 205. The smallest absolute Gasteiger partial charge is 0.221 e. The average Bonchev–Trinajstić information content (AvgIpc) is 2.24. The van der Waals surface area contributed by atoms with E-state index in [2.05, 4.69) is 24.5 Å². The number of carbonyl (C=O) groups excluding carboxylic acids is 1. The topological polar surface area (TPSA) is 61.4 Å². The maximum absolute atomic E-state index is 11.1. The summed E-state index contributed by atoms with van der Waals surface area (Å²) in [7, 11) is 1.65. The van der Waals surface area contributed by atoms with Crippen LogP contribution in [0.4, 0.5) is 0 Å². The van der Waals surface area contributed by atoms with Crippen LogP contribution in [0.1, 0.15) is 40.0 Å². The van der Waals surface area contributed by atoms with Gasteiger partial charge in [0, 0.05) is 26.1 Å². The third kappa shape index (κ3) is 7.65. The van der Waals surface area contributed by atoms with Crippen LogP contribution in [0.3, 0.4) is 0 Å². The maximum Gasteiger partial charge on any atom is 0.221 e. The number of aliphatic hydroxyl groups excluding tert-OH is 1. The van der Waals surface area contributed by atoms with Gasteiger partial charge in [0.05, 0.1) is 0 Å². The quantitative estimate of drug-likeness (QED) is 0.543. The SMILES string of the molecule is CNC(=O)CC(C)NCCCC(C)(C)CO. The molecule has 0 aromatic carbocycles. The number of hydrogen-bond acceptors (Lipinski definition) is 3. The van der Waals surface area contributed by atoms with Crippen molar-refractivity contribution in [2.75, 3.05) is 20.2 Å². The molecule has 0 aliphatic heterocycles. The van der Waals surface area contributed by atoms with E-state index in [4.69, 9.17) is 5.11 Å². The van der Waals surface area contributed by atoms with Gasteiger partial charge in [-0.1, -0.05) is 13.8 Å². The molecule has 0 spiro atoms. The molecule has 0 aromatic rings. The highest BCUT2D eigenvalue weighted by atomic mass is 16.3. The summed E-state index contributed by atoms with van der Waals surface area (Å²) >= 11 is 0. The molecule has 1 unspecified atom stereocenters. The number of aliphatic hydroxyl groups is 1. The molecule has 1 atom stereocenters.